The van der Waals surface area contributed by atoms with Crippen molar-refractivity contribution in [3.63, 3.8) is 0 Å². The van der Waals surface area contributed by atoms with E-state index in [1.54, 1.807) is 7.11 Å². The van der Waals surface area contributed by atoms with Gasteiger partial charge >= 0.3 is 0 Å². The van der Waals surface area contributed by atoms with Crippen LogP contribution in [0, 0.1) is 25.6 Å². The summed E-state index contributed by atoms with van der Waals surface area (Å²) in [5, 5.41) is 0. The molecule has 182 valence electrons. The Morgan fingerprint density at radius 3 is 2.44 bits per heavy atom. The van der Waals surface area contributed by atoms with E-state index in [-0.39, 0.29) is 29.8 Å². The number of hydrogen-bond acceptors (Lipinski definition) is 5. The number of aryl methyl sites for hydroxylation is 2. The molecule has 0 atom stereocenters. The summed E-state index contributed by atoms with van der Waals surface area (Å²) in [6, 6.07) is 9.02. The lowest BCUT2D eigenvalue weighted by Crippen LogP contribution is -2.40. The molecule has 0 unspecified atom stereocenters. The van der Waals surface area contributed by atoms with Crippen LogP contribution in [0.3, 0.4) is 0 Å². The highest BCUT2D eigenvalue weighted by atomic mass is 32.2. The van der Waals surface area contributed by atoms with E-state index in [1.165, 1.54) is 38.9 Å². The second-order valence-corrected chi connectivity index (χ2v) is 11.5. The zero-order valence-electron chi connectivity index (χ0n) is 19.5. The molecule has 2 aromatic carbocycles. The summed E-state index contributed by atoms with van der Waals surface area (Å²) in [6.07, 6.45) is 0.786. The molecule has 34 heavy (non-hydrogen) atoms. The number of nitrogens with zero attached hydrogens (tertiary/aromatic N) is 3. The van der Waals surface area contributed by atoms with Crippen molar-refractivity contribution in [3.05, 3.63) is 58.1 Å². The highest BCUT2D eigenvalue weighted by Crippen LogP contribution is 2.26. The van der Waals surface area contributed by atoms with Gasteiger partial charge in [-0.15, -0.1) is 0 Å². The van der Waals surface area contributed by atoms with Crippen molar-refractivity contribution in [2.75, 3.05) is 26.8 Å². The van der Waals surface area contributed by atoms with Crippen LogP contribution in [0.4, 0.5) is 4.39 Å². The molecular formula is C24H28FN3O4S2. The van der Waals surface area contributed by atoms with Gasteiger partial charge < -0.3 is 9.30 Å². The number of methoxy groups -OCH3 is 1. The Bertz CT molecular complexity index is 1370. The number of amides is 1. The molecule has 0 radical (unpaired) electrons. The zero-order valence-corrected chi connectivity index (χ0v) is 21.1. The molecule has 1 amide bonds. The lowest BCUT2D eigenvalue weighted by molar-refractivity contribution is -0.122. The smallest absolute Gasteiger partial charge is 0.251 e. The third-order valence-corrected chi connectivity index (χ3v) is 9.23. The summed E-state index contributed by atoms with van der Waals surface area (Å²) in [4.78, 5) is 18.2. The Hall–Kier alpha value is -2.40. The number of piperidine rings is 1. The van der Waals surface area contributed by atoms with Crippen molar-refractivity contribution in [2.24, 2.45) is 10.9 Å². The van der Waals surface area contributed by atoms with Crippen LogP contribution in [0.1, 0.15) is 24.0 Å². The molecule has 1 fully saturated rings. The Kier molecular flexibility index (Phi) is 7.32. The number of fused-ring (bicyclic) bond motifs is 1. The molecule has 1 aliphatic rings. The molecule has 1 aromatic heterocycles. The summed E-state index contributed by atoms with van der Waals surface area (Å²) in [6.45, 7) is 5.64. The minimum Gasteiger partial charge on any atom is -0.383 e. The van der Waals surface area contributed by atoms with Crippen molar-refractivity contribution in [2.45, 2.75) is 38.1 Å². The van der Waals surface area contributed by atoms with Crippen molar-refractivity contribution in [1.29, 1.82) is 0 Å². The van der Waals surface area contributed by atoms with Gasteiger partial charge in [0.05, 0.1) is 21.7 Å². The van der Waals surface area contributed by atoms with Gasteiger partial charge in [0.2, 0.25) is 10.0 Å². The Labute approximate surface area is 202 Å². The van der Waals surface area contributed by atoms with E-state index in [4.69, 9.17) is 4.74 Å². The SMILES string of the molecule is COCCn1c(=NC(=O)C2CCN(S(=O)(=O)c3ccc(F)cc3)CC2)sc2cc(C)c(C)cc21. The van der Waals surface area contributed by atoms with E-state index in [0.29, 0.717) is 30.8 Å². The summed E-state index contributed by atoms with van der Waals surface area (Å²) in [5.74, 6) is -1.06. The van der Waals surface area contributed by atoms with Gasteiger partial charge in [-0.25, -0.2) is 12.8 Å². The van der Waals surface area contributed by atoms with Crippen LogP contribution < -0.4 is 4.80 Å². The number of thiazole rings is 1. The number of ether oxygens (including phenoxy) is 1. The van der Waals surface area contributed by atoms with E-state index in [9.17, 15) is 17.6 Å². The average molecular weight is 506 g/mol. The normalized spacial score (nSPS) is 16.4. The first-order valence-corrected chi connectivity index (χ1v) is 13.4. The summed E-state index contributed by atoms with van der Waals surface area (Å²) >= 11 is 1.48. The van der Waals surface area contributed by atoms with E-state index in [1.807, 2.05) is 4.57 Å². The fourth-order valence-electron chi connectivity index (χ4n) is 4.09. The monoisotopic (exact) mass is 505 g/mol. The molecule has 0 bridgehead atoms. The molecule has 0 saturated carbocycles. The van der Waals surface area contributed by atoms with Gasteiger partial charge in [0, 0.05) is 32.7 Å². The molecule has 0 aliphatic carbocycles. The third kappa shape index (κ3) is 5.00. The van der Waals surface area contributed by atoms with Gasteiger partial charge in [-0.2, -0.15) is 9.30 Å². The first-order chi connectivity index (χ1) is 16.2. The molecule has 4 rings (SSSR count). The van der Waals surface area contributed by atoms with Crippen LogP contribution in [0.5, 0.6) is 0 Å². The van der Waals surface area contributed by atoms with E-state index in [2.05, 4.69) is 31.0 Å². The highest BCUT2D eigenvalue weighted by molar-refractivity contribution is 7.89. The number of sulfonamides is 1. The van der Waals surface area contributed by atoms with Crippen LogP contribution >= 0.6 is 11.3 Å². The van der Waals surface area contributed by atoms with Gasteiger partial charge in [-0.1, -0.05) is 11.3 Å². The molecule has 1 saturated heterocycles. The Morgan fingerprint density at radius 1 is 1.15 bits per heavy atom. The zero-order chi connectivity index (χ0) is 24.5. The number of benzene rings is 2. The summed E-state index contributed by atoms with van der Waals surface area (Å²) in [5.41, 5.74) is 3.38. The number of hydrogen-bond donors (Lipinski definition) is 0. The molecule has 0 spiro atoms. The van der Waals surface area contributed by atoms with Crippen LogP contribution in [0.25, 0.3) is 10.2 Å². The lowest BCUT2D eigenvalue weighted by atomic mass is 9.98. The fraction of sp³-hybridized carbons (Fsp3) is 0.417. The number of rotatable bonds is 6. The molecular weight excluding hydrogens is 477 g/mol. The van der Waals surface area contributed by atoms with E-state index < -0.39 is 15.8 Å². The summed E-state index contributed by atoms with van der Waals surface area (Å²) in [7, 11) is -2.08. The van der Waals surface area contributed by atoms with Crippen molar-refractivity contribution in [1.82, 2.24) is 8.87 Å². The van der Waals surface area contributed by atoms with E-state index >= 15 is 0 Å². The molecule has 0 N–H and O–H groups in total. The minimum absolute atomic E-state index is 0.0541. The molecule has 7 nitrogen and oxygen atoms in total. The van der Waals surface area contributed by atoms with Gasteiger partial charge in [0.25, 0.3) is 5.91 Å². The summed E-state index contributed by atoms with van der Waals surface area (Å²) < 4.78 is 48.6. The molecule has 3 aromatic rings. The molecule has 1 aliphatic heterocycles. The van der Waals surface area contributed by atoms with Gasteiger partial charge in [0.15, 0.2) is 4.80 Å². The maximum atomic E-state index is 13.2. The minimum atomic E-state index is -3.72. The first kappa shape index (κ1) is 24.7. The van der Waals surface area contributed by atoms with Crippen molar-refractivity contribution < 1.29 is 22.3 Å². The standard InChI is InChI=1S/C24H28FN3O4S2/c1-16-14-21-22(15-17(16)2)33-24(28(21)12-13-32-3)26-23(29)18-8-10-27(11-9-18)34(30,31)20-6-4-19(25)5-7-20/h4-7,14-15,18H,8-13H2,1-3H3. The fourth-order valence-corrected chi connectivity index (χ4v) is 6.70. The second-order valence-electron chi connectivity index (χ2n) is 8.52. The topological polar surface area (TPSA) is 81.0 Å². The largest absolute Gasteiger partial charge is 0.383 e. The lowest BCUT2D eigenvalue weighted by Gasteiger charge is -2.29. The van der Waals surface area contributed by atoms with E-state index in [0.717, 1.165) is 22.3 Å². The van der Waals surface area contributed by atoms with Gasteiger partial charge in [-0.3, -0.25) is 4.79 Å². The Balaban J connectivity index is 1.54. The molecule has 10 heteroatoms. The van der Waals surface area contributed by atoms with Crippen LogP contribution in [0.2, 0.25) is 0 Å². The first-order valence-electron chi connectivity index (χ1n) is 11.1. The predicted molar refractivity (Wildman–Crippen MR) is 130 cm³/mol. The predicted octanol–water partition coefficient (Wildman–Crippen LogP) is 3.63. The van der Waals surface area contributed by atoms with Gasteiger partial charge in [-0.05, 0) is 74.2 Å². The second kappa shape index (κ2) is 10.1. The maximum Gasteiger partial charge on any atom is 0.251 e. The van der Waals surface area contributed by atoms with Crippen molar-refractivity contribution >= 4 is 37.5 Å². The average Bonchev–Trinajstić information content (AvgIpc) is 3.13. The maximum absolute atomic E-state index is 13.2. The van der Waals surface area contributed by atoms with Gasteiger partial charge in [0.1, 0.15) is 5.82 Å². The number of carbonyl (C=O) groups excluding carboxylic acids is 1. The quantitative estimate of drug-likeness (QED) is 0.512. The third-order valence-electron chi connectivity index (χ3n) is 6.28. The number of carbonyl (C=O) groups is 1. The van der Waals surface area contributed by atoms with Crippen LogP contribution in [0.15, 0.2) is 46.3 Å². The Morgan fingerprint density at radius 2 is 1.79 bits per heavy atom. The highest BCUT2D eigenvalue weighted by Gasteiger charge is 2.32. The number of aromatic nitrogens is 1. The van der Waals surface area contributed by atoms with Crippen LogP contribution in [-0.4, -0.2) is 50.0 Å². The molecule has 2 heterocycles. The van der Waals surface area contributed by atoms with Crippen LogP contribution in [-0.2, 0) is 26.1 Å². The number of halogens is 1. The van der Waals surface area contributed by atoms with Crippen molar-refractivity contribution in [3.8, 4) is 0 Å².